The summed E-state index contributed by atoms with van der Waals surface area (Å²) < 4.78 is 0. The molecule has 0 aliphatic rings. The maximum Gasteiger partial charge on any atom is 0.243 e. The minimum atomic E-state index is -0.167. The van der Waals surface area contributed by atoms with Crippen LogP contribution >= 0.6 is 11.6 Å². The lowest BCUT2D eigenvalue weighted by Gasteiger charge is -2.15. The van der Waals surface area contributed by atoms with Gasteiger partial charge in [-0.05, 0) is 48.9 Å². The highest BCUT2D eigenvalue weighted by Crippen LogP contribution is 2.20. The summed E-state index contributed by atoms with van der Waals surface area (Å²) in [5, 5.41) is 6.48. The van der Waals surface area contributed by atoms with Gasteiger partial charge in [0.1, 0.15) is 0 Å². The lowest BCUT2D eigenvalue weighted by Crippen LogP contribution is -2.23. The summed E-state index contributed by atoms with van der Waals surface area (Å²) in [5.41, 5.74) is 3.22. The molecule has 0 saturated carbocycles. The van der Waals surface area contributed by atoms with Crippen molar-refractivity contribution in [2.24, 2.45) is 0 Å². The maximum atomic E-state index is 12.0. The standard InChI is InChI=1S/C18H20ClN3O2/c1-12-4-5-15(10-17(12)19)20-11-18(24)21-14-6-8-16(9-7-14)22(3)13(2)23/h4-10,20H,11H2,1-3H3,(H,21,24). The third kappa shape index (κ3) is 4.73. The van der Waals surface area contributed by atoms with Gasteiger partial charge in [-0.3, -0.25) is 9.59 Å². The van der Waals surface area contributed by atoms with Crippen molar-refractivity contribution < 1.29 is 9.59 Å². The van der Waals surface area contributed by atoms with E-state index in [1.165, 1.54) is 11.8 Å². The largest absolute Gasteiger partial charge is 0.376 e. The zero-order valence-corrected chi connectivity index (χ0v) is 14.6. The summed E-state index contributed by atoms with van der Waals surface area (Å²) in [4.78, 5) is 24.8. The van der Waals surface area contributed by atoms with E-state index in [-0.39, 0.29) is 18.4 Å². The quantitative estimate of drug-likeness (QED) is 0.869. The van der Waals surface area contributed by atoms with E-state index in [4.69, 9.17) is 11.6 Å². The summed E-state index contributed by atoms with van der Waals surface area (Å²) in [6.45, 7) is 3.55. The molecule has 2 aromatic carbocycles. The molecule has 5 nitrogen and oxygen atoms in total. The second-order valence-corrected chi connectivity index (χ2v) is 5.90. The van der Waals surface area contributed by atoms with E-state index < -0.39 is 0 Å². The van der Waals surface area contributed by atoms with Crippen molar-refractivity contribution in [3.63, 3.8) is 0 Å². The molecule has 2 amide bonds. The Hall–Kier alpha value is -2.53. The van der Waals surface area contributed by atoms with E-state index in [1.54, 1.807) is 37.4 Å². The Labute approximate surface area is 146 Å². The molecule has 2 N–H and O–H groups in total. The highest BCUT2D eigenvalue weighted by atomic mass is 35.5. The number of carbonyl (C=O) groups excluding carboxylic acids is 2. The van der Waals surface area contributed by atoms with E-state index in [9.17, 15) is 9.59 Å². The minimum absolute atomic E-state index is 0.0484. The number of carbonyl (C=O) groups is 2. The molecule has 0 aliphatic carbocycles. The first kappa shape index (κ1) is 17.8. The molecule has 0 radical (unpaired) electrons. The number of nitrogens with zero attached hydrogens (tertiary/aromatic N) is 1. The van der Waals surface area contributed by atoms with Gasteiger partial charge in [0.15, 0.2) is 0 Å². The molecule has 0 heterocycles. The lowest BCUT2D eigenvalue weighted by molar-refractivity contribution is -0.116. The molecule has 2 rings (SSSR count). The second kappa shape index (κ2) is 7.84. The smallest absolute Gasteiger partial charge is 0.243 e. The topological polar surface area (TPSA) is 61.4 Å². The Morgan fingerprint density at radius 2 is 1.71 bits per heavy atom. The van der Waals surface area contributed by atoms with Gasteiger partial charge in [0.25, 0.3) is 0 Å². The number of nitrogens with one attached hydrogen (secondary N) is 2. The van der Waals surface area contributed by atoms with E-state index >= 15 is 0 Å². The Morgan fingerprint density at radius 1 is 1.08 bits per heavy atom. The van der Waals surface area contributed by atoms with Crippen molar-refractivity contribution in [1.29, 1.82) is 0 Å². The molecule has 0 aromatic heterocycles. The van der Waals surface area contributed by atoms with E-state index in [0.717, 1.165) is 16.9 Å². The van der Waals surface area contributed by atoms with E-state index in [0.29, 0.717) is 10.7 Å². The molecule has 0 fully saturated rings. The van der Waals surface area contributed by atoms with Crippen LogP contribution in [0, 0.1) is 6.92 Å². The van der Waals surface area contributed by atoms with Crippen LogP contribution in [0.1, 0.15) is 12.5 Å². The molecule has 126 valence electrons. The highest BCUT2D eigenvalue weighted by Gasteiger charge is 2.07. The Balaban J connectivity index is 1.90. The van der Waals surface area contributed by atoms with Crippen molar-refractivity contribution in [2.75, 3.05) is 29.1 Å². The Kier molecular flexibility index (Phi) is 5.82. The fourth-order valence-electron chi connectivity index (χ4n) is 2.04. The highest BCUT2D eigenvalue weighted by molar-refractivity contribution is 6.31. The Bertz CT molecular complexity index is 744. The van der Waals surface area contributed by atoms with Crippen LogP contribution in [0.3, 0.4) is 0 Å². The Morgan fingerprint density at radius 3 is 2.29 bits per heavy atom. The number of amides is 2. The predicted octanol–water partition coefficient (Wildman–Crippen LogP) is 3.68. The predicted molar refractivity (Wildman–Crippen MR) is 98.8 cm³/mol. The summed E-state index contributed by atoms with van der Waals surface area (Å²) in [7, 11) is 1.70. The summed E-state index contributed by atoms with van der Waals surface area (Å²) >= 11 is 6.05. The van der Waals surface area contributed by atoms with E-state index in [1.807, 2.05) is 19.1 Å². The van der Waals surface area contributed by atoms with Crippen LogP contribution in [0.25, 0.3) is 0 Å². The van der Waals surface area contributed by atoms with Gasteiger partial charge >= 0.3 is 0 Å². The number of halogens is 1. The SMILES string of the molecule is CC(=O)N(C)c1ccc(NC(=O)CNc2ccc(C)c(Cl)c2)cc1. The number of hydrogen-bond acceptors (Lipinski definition) is 3. The molecule has 24 heavy (non-hydrogen) atoms. The van der Waals surface area contributed by atoms with Gasteiger partial charge in [0.05, 0.1) is 6.54 Å². The molecule has 0 aliphatic heterocycles. The van der Waals surface area contributed by atoms with Gasteiger partial charge in [-0.25, -0.2) is 0 Å². The maximum absolute atomic E-state index is 12.0. The van der Waals surface area contributed by atoms with Crippen molar-refractivity contribution in [1.82, 2.24) is 0 Å². The van der Waals surface area contributed by atoms with Gasteiger partial charge in [-0.1, -0.05) is 17.7 Å². The fraction of sp³-hybridized carbons (Fsp3) is 0.222. The van der Waals surface area contributed by atoms with Crippen molar-refractivity contribution >= 4 is 40.5 Å². The van der Waals surface area contributed by atoms with Crippen LogP contribution < -0.4 is 15.5 Å². The van der Waals surface area contributed by atoms with Crippen LogP contribution in [0.5, 0.6) is 0 Å². The monoisotopic (exact) mass is 345 g/mol. The number of aryl methyl sites for hydroxylation is 1. The van der Waals surface area contributed by atoms with Crippen LogP contribution in [-0.4, -0.2) is 25.4 Å². The fourth-order valence-corrected chi connectivity index (χ4v) is 2.22. The number of anilines is 3. The molecule has 0 saturated heterocycles. The third-order valence-electron chi connectivity index (χ3n) is 3.64. The normalized spacial score (nSPS) is 10.2. The summed E-state index contributed by atoms with van der Waals surface area (Å²) in [6.07, 6.45) is 0. The molecule has 6 heteroatoms. The van der Waals surface area contributed by atoms with Gasteiger partial charge in [0.2, 0.25) is 11.8 Å². The van der Waals surface area contributed by atoms with E-state index in [2.05, 4.69) is 10.6 Å². The molecular weight excluding hydrogens is 326 g/mol. The summed E-state index contributed by atoms with van der Waals surface area (Å²) in [5.74, 6) is -0.216. The number of rotatable bonds is 5. The van der Waals surface area contributed by atoms with Gasteiger partial charge in [-0.2, -0.15) is 0 Å². The summed E-state index contributed by atoms with van der Waals surface area (Å²) in [6, 6.07) is 12.6. The zero-order chi connectivity index (χ0) is 17.7. The first-order chi connectivity index (χ1) is 11.4. The molecule has 0 spiro atoms. The van der Waals surface area contributed by atoms with Gasteiger partial charge in [-0.15, -0.1) is 0 Å². The van der Waals surface area contributed by atoms with Gasteiger partial charge in [0, 0.05) is 36.1 Å². The second-order valence-electron chi connectivity index (χ2n) is 5.49. The van der Waals surface area contributed by atoms with Crippen LogP contribution in [0.2, 0.25) is 5.02 Å². The first-order valence-corrected chi connectivity index (χ1v) is 7.89. The minimum Gasteiger partial charge on any atom is -0.376 e. The number of benzene rings is 2. The molecule has 0 bridgehead atoms. The van der Waals surface area contributed by atoms with Gasteiger partial charge < -0.3 is 15.5 Å². The van der Waals surface area contributed by atoms with Crippen LogP contribution in [-0.2, 0) is 9.59 Å². The molecule has 0 atom stereocenters. The van der Waals surface area contributed by atoms with Crippen LogP contribution in [0.4, 0.5) is 17.1 Å². The average molecular weight is 346 g/mol. The lowest BCUT2D eigenvalue weighted by atomic mass is 10.2. The zero-order valence-electron chi connectivity index (χ0n) is 13.9. The van der Waals surface area contributed by atoms with Crippen molar-refractivity contribution in [3.05, 3.63) is 53.1 Å². The van der Waals surface area contributed by atoms with Crippen molar-refractivity contribution in [2.45, 2.75) is 13.8 Å². The molecular formula is C18H20ClN3O2. The first-order valence-electron chi connectivity index (χ1n) is 7.51. The third-order valence-corrected chi connectivity index (χ3v) is 4.04. The van der Waals surface area contributed by atoms with Crippen molar-refractivity contribution in [3.8, 4) is 0 Å². The molecule has 2 aromatic rings. The average Bonchev–Trinajstić information content (AvgIpc) is 2.56. The number of hydrogen-bond donors (Lipinski definition) is 2. The van der Waals surface area contributed by atoms with Crippen LogP contribution in [0.15, 0.2) is 42.5 Å². The molecule has 0 unspecified atom stereocenters.